The SMILES string of the molecule is CC(=O)OC(C=O)C1CC1. The van der Waals surface area contributed by atoms with E-state index in [2.05, 4.69) is 0 Å². The van der Waals surface area contributed by atoms with Gasteiger partial charge in [-0.15, -0.1) is 0 Å². The van der Waals surface area contributed by atoms with Gasteiger partial charge in [0, 0.05) is 12.8 Å². The van der Waals surface area contributed by atoms with E-state index in [1.807, 2.05) is 0 Å². The Morgan fingerprint density at radius 3 is 2.60 bits per heavy atom. The summed E-state index contributed by atoms with van der Waals surface area (Å²) in [5, 5.41) is 0. The Bertz CT molecular complexity index is 149. The standard InChI is InChI=1S/C7H10O3/c1-5(9)10-7(4-8)6-2-3-6/h4,6-7H,2-3H2,1H3. The molecule has 0 aromatic carbocycles. The van der Waals surface area contributed by atoms with Gasteiger partial charge in [0.05, 0.1) is 0 Å². The molecule has 0 aromatic heterocycles. The van der Waals surface area contributed by atoms with Gasteiger partial charge in [-0.05, 0) is 12.8 Å². The third-order valence-electron chi connectivity index (χ3n) is 1.52. The number of ether oxygens (including phenoxy) is 1. The molecule has 0 radical (unpaired) electrons. The molecule has 3 heteroatoms. The Kier molecular flexibility index (Phi) is 2.04. The van der Waals surface area contributed by atoms with Crippen LogP contribution in [0.15, 0.2) is 0 Å². The molecule has 0 bridgehead atoms. The van der Waals surface area contributed by atoms with Gasteiger partial charge < -0.3 is 4.74 Å². The maximum atomic E-state index is 10.4. The van der Waals surface area contributed by atoms with Crippen molar-refractivity contribution in [1.82, 2.24) is 0 Å². The fourth-order valence-electron chi connectivity index (χ4n) is 0.852. The molecule has 0 amide bonds. The van der Waals surface area contributed by atoms with E-state index in [1.54, 1.807) is 0 Å². The summed E-state index contributed by atoms with van der Waals surface area (Å²) in [6.45, 7) is 1.32. The number of hydrogen-bond donors (Lipinski definition) is 0. The van der Waals surface area contributed by atoms with E-state index in [0.29, 0.717) is 12.2 Å². The highest BCUT2D eigenvalue weighted by Crippen LogP contribution is 2.33. The van der Waals surface area contributed by atoms with Crippen LogP contribution in [0.4, 0.5) is 0 Å². The van der Waals surface area contributed by atoms with Gasteiger partial charge in [0.1, 0.15) is 0 Å². The van der Waals surface area contributed by atoms with E-state index in [0.717, 1.165) is 12.8 Å². The van der Waals surface area contributed by atoms with Crippen molar-refractivity contribution in [3.8, 4) is 0 Å². The Hall–Kier alpha value is -0.860. The predicted molar refractivity (Wildman–Crippen MR) is 34.3 cm³/mol. The monoisotopic (exact) mass is 142 g/mol. The van der Waals surface area contributed by atoms with Gasteiger partial charge in [0.25, 0.3) is 0 Å². The lowest BCUT2D eigenvalue weighted by molar-refractivity contribution is -0.150. The normalized spacial score (nSPS) is 19.7. The maximum absolute atomic E-state index is 10.4. The van der Waals surface area contributed by atoms with Crippen molar-refractivity contribution >= 4 is 12.3 Å². The lowest BCUT2D eigenvalue weighted by Crippen LogP contribution is -2.19. The Labute approximate surface area is 59.4 Å². The zero-order valence-corrected chi connectivity index (χ0v) is 5.87. The molecule has 1 aliphatic rings. The number of carbonyl (C=O) groups is 2. The second-order valence-electron chi connectivity index (χ2n) is 2.55. The minimum Gasteiger partial charge on any atom is -0.455 e. The molecule has 1 atom stereocenters. The molecule has 1 aliphatic carbocycles. The van der Waals surface area contributed by atoms with Crippen LogP contribution in [0.1, 0.15) is 19.8 Å². The van der Waals surface area contributed by atoms with E-state index < -0.39 is 6.10 Å². The number of aldehydes is 1. The average molecular weight is 142 g/mol. The Balaban J connectivity index is 2.32. The summed E-state index contributed by atoms with van der Waals surface area (Å²) in [5.41, 5.74) is 0. The summed E-state index contributed by atoms with van der Waals surface area (Å²) in [6.07, 6.45) is 2.25. The van der Waals surface area contributed by atoms with E-state index in [1.165, 1.54) is 6.92 Å². The van der Waals surface area contributed by atoms with E-state index >= 15 is 0 Å². The number of carbonyl (C=O) groups excluding carboxylic acids is 2. The molecule has 0 saturated heterocycles. The number of rotatable bonds is 3. The van der Waals surface area contributed by atoms with Crippen molar-refractivity contribution in [3.63, 3.8) is 0 Å². The third kappa shape index (κ3) is 1.83. The molecule has 1 saturated carbocycles. The second-order valence-corrected chi connectivity index (χ2v) is 2.55. The van der Waals surface area contributed by atoms with Gasteiger partial charge in [0.2, 0.25) is 0 Å². The van der Waals surface area contributed by atoms with Gasteiger partial charge in [0.15, 0.2) is 12.4 Å². The summed E-state index contributed by atoms with van der Waals surface area (Å²) in [7, 11) is 0. The first kappa shape index (κ1) is 7.25. The van der Waals surface area contributed by atoms with Crippen molar-refractivity contribution in [2.24, 2.45) is 5.92 Å². The van der Waals surface area contributed by atoms with Crippen LogP contribution in [-0.4, -0.2) is 18.4 Å². The van der Waals surface area contributed by atoms with Crippen molar-refractivity contribution in [1.29, 1.82) is 0 Å². The van der Waals surface area contributed by atoms with Crippen LogP contribution in [0.25, 0.3) is 0 Å². The molecule has 56 valence electrons. The van der Waals surface area contributed by atoms with Crippen LogP contribution in [-0.2, 0) is 14.3 Å². The van der Waals surface area contributed by atoms with E-state index in [9.17, 15) is 9.59 Å². The van der Waals surface area contributed by atoms with Crippen LogP contribution in [0.3, 0.4) is 0 Å². The summed E-state index contributed by atoms with van der Waals surface area (Å²) in [5.74, 6) is -0.0644. The zero-order chi connectivity index (χ0) is 7.56. The lowest BCUT2D eigenvalue weighted by atomic mass is 10.2. The Morgan fingerprint density at radius 2 is 2.30 bits per heavy atom. The number of hydrogen-bond acceptors (Lipinski definition) is 3. The van der Waals surface area contributed by atoms with Crippen LogP contribution in [0, 0.1) is 5.92 Å². The second kappa shape index (κ2) is 2.82. The molecule has 3 nitrogen and oxygen atoms in total. The van der Waals surface area contributed by atoms with E-state index in [4.69, 9.17) is 4.74 Å². The summed E-state index contributed by atoms with van der Waals surface area (Å²) >= 11 is 0. The first-order valence-electron chi connectivity index (χ1n) is 3.36. The molecular weight excluding hydrogens is 132 g/mol. The molecule has 0 aliphatic heterocycles. The molecule has 0 heterocycles. The summed E-state index contributed by atoms with van der Waals surface area (Å²) < 4.78 is 4.72. The fraction of sp³-hybridized carbons (Fsp3) is 0.714. The Morgan fingerprint density at radius 1 is 1.70 bits per heavy atom. The van der Waals surface area contributed by atoms with Crippen LogP contribution >= 0.6 is 0 Å². The molecule has 10 heavy (non-hydrogen) atoms. The molecular formula is C7H10O3. The molecule has 0 N–H and O–H groups in total. The van der Waals surface area contributed by atoms with Crippen LogP contribution in [0.2, 0.25) is 0 Å². The summed E-state index contributed by atoms with van der Waals surface area (Å²) in [6, 6.07) is 0. The largest absolute Gasteiger partial charge is 0.455 e. The smallest absolute Gasteiger partial charge is 0.303 e. The van der Waals surface area contributed by atoms with Gasteiger partial charge in [-0.25, -0.2) is 0 Å². The zero-order valence-electron chi connectivity index (χ0n) is 5.87. The highest BCUT2D eigenvalue weighted by atomic mass is 16.5. The average Bonchev–Trinajstić information content (AvgIpc) is 2.63. The van der Waals surface area contributed by atoms with Gasteiger partial charge in [-0.2, -0.15) is 0 Å². The predicted octanol–water partition coefficient (Wildman–Crippen LogP) is 0.527. The molecule has 0 aromatic rings. The molecule has 1 unspecified atom stereocenters. The first-order chi connectivity index (χ1) is 4.74. The summed E-state index contributed by atoms with van der Waals surface area (Å²) in [4.78, 5) is 20.6. The highest BCUT2D eigenvalue weighted by molar-refractivity contribution is 5.70. The molecule has 1 fully saturated rings. The highest BCUT2D eigenvalue weighted by Gasteiger charge is 2.33. The maximum Gasteiger partial charge on any atom is 0.303 e. The van der Waals surface area contributed by atoms with Crippen LogP contribution < -0.4 is 0 Å². The molecule has 1 rings (SSSR count). The number of esters is 1. The quantitative estimate of drug-likeness (QED) is 0.426. The lowest BCUT2D eigenvalue weighted by Gasteiger charge is -2.07. The first-order valence-corrected chi connectivity index (χ1v) is 3.36. The van der Waals surface area contributed by atoms with Crippen molar-refractivity contribution in [2.75, 3.05) is 0 Å². The van der Waals surface area contributed by atoms with Crippen molar-refractivity contribution < 1.29 is 14.3 Å². The molecule has 0 spiro atoms. The van der Waals surface area contributed by atoms with Crippen LogP contribution in [0.5, 0.6) is 0 Å². The minimum atomic E-state index is -0.475. The minimum absolute atomic E-state index is 0.307. The third-order valence-corrected chi connectivity index (χ3v) is 1.52. The van der Waals surface area contributed by atoms with Gasteiger partial charge in [-0.3, -0.25) is 9.59 Å². The van der Waals surface area contributed by atoms with Crippen molar-refractivity contribution in [2.45, 2.75) is 25.9 Å². The fourth-order valence-corrected chi connectivity index (χ4v) is 0.852. The topological polar surface area (TPSA) is 43.4 Å². The van der Waals surface area contributed by atoms with E-state index in [-0.39, 0.29) is 5.97 Å². The van der Waals surface area contributed by atoms with Crippen molar-refractivity contribution in [3.05, 3.63) is 0 Å². The van der Waals surface area contributed by atoms with Gasteiger partial charge >= 0.3 is 5.97 Å². The van der Waals surface area contributed by atoms with Gasteiger partial charge in [-0.1, -0.05) is 0 Å².